The molecule has 1 aromatic heterocycles. The molecule has 0 aliphatic carbocycles. The van der Waals surface area contributed by atoms with Crippen molar-refractivity contribution in [2.75, 3.05) is 13.1 Å². The maximum atomic E-state index is 5.98. The van der Waals surface area contributed by atoms with Crippen LogP contribution in [0.25, 0.3) is 11.0 Å². The fourth-order valence-electron chi connectivity index (χ4n) is 2.57. The third kappa shape index (κ3) is 2.86. The predicted molar refractivity (Wildman–Crippen MR) is 75.9 cm³/mol. The van der Waals surface area contributed by atoms with E-state index >= 15 is 0 Å². The summed E-state index contributed by atoms with van der Waals surface area (Å²) in [7, 11) is 0. The number of furan rings is 1. The lowest BCUT2D eigenvalue weighted by atomic mass is 10.1. The zero-order valence-electron chi connectivity index (χ0n) is 10.3. The van der Waals surface area contributed by atoms with E-state index in [0.29, 0.717) is 6.04 Å². The summed E-state index contributed by atoms with van der Waals surface area (Å²) < 4.78 is 5.82. The van der Waals surface area contributed by atoms with Crippen molar-refractivity contribution in [3.63, 3.8) is 0 Å². The fraction of sp³-hybridized carbons (Fsp3) is 0.429. The van der Waals surface area contributed by atoms with Crippen LogP contribution in [0.4, 0.5) is 0 Å². The highest BCUT2D eigenvalue weighted by atomic mass is 35.5. The second-order valence-electron chi connectivity index (χ2n) is 4.89. The van der Waals surface area contributed by atoms with E-state index < -0.39 is 0 Å². The van der Waals surface area contributed by atoms with E-state index in [1.807, 2.05) is 18.2 Å². The highest BCUT2D eigenvalue weighted by molar-refractivity contribution is 5.85. The van der Waals surface area contributed by atoms with Crippen LogP contribution in [0.1, 0.15) is 18.6 Å². The molecule has 0 saturated carbocycles. The van der Waals surface area contributed by atoms with Crippen molar-refractivity contribution in [2.24, 2.45) is 5.73 Å². The summed E-state index contributed by atoms with van der Waals surface area (Å²) in [5.74, 6) is 1.04. The number of nitrogens with zero attached hydrogens (tertiary/aromatic N) is 1. The van der Waals surface area contributed by atoms with Crippen molar-refractivity contribution in [2.45, 2.75) is 25.4 Å². The van der Waals surface area contributed by atoms with Gasteiger partial charge in [-0.2, -0.15) is 0 Å². The number of fused-ring (bicyclic) bond motifs is 1. The maximum Gasteiger partial charge on any atom is 0.134 e. The Kier molecular flexibility index (Phi) is 4.27. The van der Waals surface area contributed by atoms with Gasteiger partial charge in [-0.15, -0.1) is 12.4 Å². The van der Waals surface area contributed by atoms with Gasteiger partial charge in [0.15, 0.2) is 0 Å². The number of para-hydroxylation sites is 1. The van der Waals surface area contributed by atoms with E-state index in [-0.39, 0.29) is 12.4 Å². The quantitative estimate of drug-likeness (QED) is 0.909. The summed E-state index contributed by atoms with van der Waals surface area (Å²) >= 11 is 0. The molecule has 4 heteroatoms. The van der Waals surface area contributed by atoms with E-state index in [1.165, 1.54) is 11.8 Å². The summed E-state index contributed by atoms with van der Waals surface area (Å²) in [6.07, 6.45) is 2.35. The smallest absolute Gasteiger partial charge is 0.134 e. The minimum atomic E-state index is 0. The Morgan fingerprint density at radius 1 is 1.33 bits per heavy atom. The first kappa shape index (κ1) is 13.4. The molecule has 98 valence electrons. The Balaban J connectivity index is 0.00000120. The topological polar surface area (TPSA) is 42.4 Å². The third-order valence-electron chi connectivity index (χ3n) is 3.40. The minimum Gasteiger partial charge on any atom is -0.460 e. The summed E-state index contributed by atoms with van der Waals surface area (Å²) in [6, 6.07) is 10.6. The number of nitrogens with two attached hydrogens (primary N) is 1. The lowest BCUT2D eigenvalue weighted by molar-refractivity contribution is 0.189. The SMILES string of the molecule is Cl.NC1CCCN(Cc2cc3ccccc3o2)C1. The number of benzene rings is 1. The van der Waals surface area contributed by atoms with Crippen LogP contribution in [-0.4, -0.2) is 24.0 Å². The first-order valence-electron chi connectivity index (χ1n) is 6.27. The Morgan fingerprint density at radius 2 is 2.17 bits per heavy atom. The standard InChI is InChI=1S/C14H18N2O.ClH/c15-12-5-3-7-16(9-12)10-13-8-11-4-1-2-6-14(11)17-13;/h1-2,4,6,8,12H,3,5,7,9-10,15H2;1H. The molecule has 1 atom stereocenters. The predicted octanol–water partition coefficient (Wildman–Crippen LogP) is 2.78. The number of rotatable bonds is 2. The van der Waals surface area contributed by atoms with Crippen molar-refractivity contribution in [3.05, 3.63) is 36.1 Å². The Morgan fingerprint density at radius 3 is 2.94 bits per heavy atom. The van der Waals surface area contributed by atoms with Gasteiger partial charge in [0, 0.05) is 18.0 Å². The molecule has 0 radical (unpaired) electrons. The van der Waals surface area contributed by atoms with Gasteiger partial charge in [0.25, 0.3) is 0 Å². The van der Waals surface area contributed by atoms with Gasteiger partial charge < -0.3 is 10.2 Å². The van der Waals surface area contributed by atoms with Gasteiger partial charge in [0.1, 0.15) is 11.3 Å². The second-order valence-corrected chi connectivity index (χ2v) is 4.89. The second kappa shape index (κ2) is 5.74. The van der Waals surface area contributed by atoms with Gasteiger partial charge in [-0.1, -0.05) is 18.2 Å². The molecule has 0 spiro atoms. The monoisotopic (exact) mass is 266 g/mol. The van der Waals surface area contributed by atoms with Crippen molar-refractivity contribution in [1.29, 1.82) is 0 Å². The summed E-state index contributed by atoms with van der Waals surface area (Å²) in [4.78, 5) is 2.38. The molecule has 0 amide bonds. The van der Waals surface area contributed by atoms with Gasteiger partial charge in [-0.05, 0) is 31.5 Å². The molecule has 2 heterocycles. The summed E-state index contributed by atoms with van der Waals surface area (Å²) in [5.41, 5.74) is 6.96. The Bertz CT molecular complexity index is 478. The van der Waals surface area contributed by atoms with E-state index in [9.17, 15) is 0 Å². The molecular formula is C14H19ClN2O. The largest absolute Gasteiger partial charge is 0.460 e. The molecule has 2 aromatic rings. The maximum absolute atomic E-state index is 5.98. The molecule has 1 aliphatic rings. The third-order valence-corrected chi connectivity index (χ3v) is 3.40. The average molecular weight is 267 g/mol. The van der Waals surface area contributed by atoms with Crippen molar-refractivity contribution < 1.29 is 4.42 Å². The summed E-state index contributed by atoms with van der Waals surface area (Å²) in [6.45, 7) is 2.99. The van der Waals surface area contributed by atoms with Crippen LogP contribution in [0.5, 0.6) is 0 Å². The normalized spacial score (nSPS) is 20.8. The molecule has 1 unspecified atom stereocenters. The van der Waals surface area contributed by atoms with E-state index in [0.717, 1.165) is 37.4 Å². The van der Waals surface area contributed by atoms with Crippen LogP contribution < -0.4 is 5.73 Å². The Labute approximate surface area is 113 Å². The zero-order valence-corrected chi connectivity index (χ0v) is 11.2. The highest BCUT2D eigenvalue weighted by Crippen LogP contribution is 2.21. The molecule has 1 aromatic carbocycles. The first-order valence-corrected chi connectivity index (χ1v) is 6.27. The highest BCUT2D eigenvalue weighted by Gasteiger charge is 2.17. The number of likely N-dealkylation sites (tertiary alicyclic amines) is 1. The van der Waals surface area contributed by atoms with E-state index in [1.54, 1.807) is 0 Å². The number of piperidine rings is 1. The van der Waals surface area contributed by atoms with E-state index in [2.05, 4.69) is 17.0 Å². The molecule has 0 bridgehead atoms. The van der Waals surface area contributed by atoms with Crippen LogP contribution in [0.3, 0.4) is 0 Å². The lowest BCUT2D eigenvalue weighted by Crippen LogP contribution is -2.42. The van der Waals surface area contributed by atoms with Gasteiger partial charge in [-0.25, -0.2) is 0 Å². The molecule has 2 N–H and O–H groups in total. The minimum absolute atomic E-state index is 0. The van der Waals surface area contributed by atoms with Gasteiger partial charge in [-0.3, -0.25) is 4.90 Å². The van der Waals surface area contributed by atoms with Crippen LogP contribution in [0.2, 0.25) is 0 Å². The summed E-state index contributed by atoms with van der Waals surface area (Å²) in [5, 5.41) is 1.18. The van der Waals surface area contributed by atoms with Crippen LogP contribution in [-0.2, 0) is 6.54 Å². The molecule has 1 saturated heterocycles. The molecule has 1 aliphatic heterocycles. The molecule has 3 nitrogen and oxygen atoms in total. The molecule has 1 fully saturated rings. The first-order chi connectivity index (χ1) is 8.31. The molecular weight excluding hydrogens is 248 g/mol. The lowest BCUT2D eigenvalue weighted by Gasteiger charge is -2.29. The van der Waals surface area contributed by atoms with Crippen molar-refractivity contribution >= 4 is 23.4 Å². The zero-order chi connectivity index (χ0) is 11.7. The van der Waals surface area contributed by atoms with Crippen LogP contribution in [0.15, 0.2) is 34.7 Å². The van der Waals surface area contributed by atoms with Crippen molar-refractivity contribution in [3.8, 4) is 0 Å². The number of hydrogen-bond donors (Lipinski definition) is 1. The van der Waals surface area contributed by atoms with Gasteiger partial charge >= 0.3 is 0 Å². The van der Waals surface area contributed by atoms with Gasteiger partial charge in [0.2, 0.25) is 0 Å². The Hall–Kier alpha value is -1.03. The average Bonchev–Trinajstić information content (AvgIpc) is 2.71. The van der Waals surface area contributed by atoms with Crippen molar-refractivity contribution in [1.82, 2.24) is 4.90 Å². The van der Waals surface area contributed by atoms with Crippen LogP contribution >= 0.6 is 12.4 Å². The fourth-order valence-corrected chi connectivity index (χ4v) is 2.57. The van der Waals surface area contributed by atoms with Crippen LogP contribution in [0, 0.1) is 0 Å². The van der Waals surface area contributed by atoms with Gasteiger partial charge in [0.05, 0.1) is 6.54 Å². The number of hydrogen-bond acceptors (Lipinski definition) is 3. The molecule has 18 heavy (non-hydrogen) atoms. The molecule has 3 rings (SSSR count). The number of halogens is 1. The van der Waals surface area contributed by atoms with E-state index in [4.69, 9.17) is 10.2 Å².